The van der Waals surface area contributed by atoms with Crippen molar-refractivity contribution < 1.29 is 63.4 Å². The second-order valence-electron chi connectivity index (χ2n) is 15.8. The van der Waals surface area contributed by atoms with Crippen LogP contribution >= 0.6 is 0 Å². The topological polar surface area (TPSA) is 158 Å². The lowest BCUT2D eigenvalue weighted by molar-refractivity contribution is -0.128. The van der Waals surface area contributed by atoms with E-state index in [2.05, 4.69) is 10.6 Å². The molecule has 1 fully saturated rings. The van der Waals surface area contributed by atoms with Gasteiger partial charge in [0, 0.05) is 35.8 Å². The first-order valence-electron chi connectivity index (χ1n) is 21.0. The summed E-state index contributed by atoms with van der Waals surface area (Å²) in [7, 11) is -2.02. The Bertz CT molecular complexity index is 2770. The molecule has 1 heterocycles. The van der Waals surface area contributed by atoms with Crippen LogP contribution in [0, 0.1) is 23.3 Å². The van der Waals surface area contributed by atoms with Gasteiger partial charge in [0.25, 0.3) is 5.91 Å². The van der Waals surface area contributed by atoms with Gasteiger partial charge in [-0.15, -0.1) is 0 Å². The van der Waals surface area contributed by atoms with Gasteiger partial charge in [-0.05, 0) is 102 Å². The number of hydrogen-bond donors (Lipinski definition) is 2. The largest absolute Gasteiger partial charge is 0.497 e. The maximum Gasteiger partial charge on any atom is 0.327 e. The average Bonchev–Trinajstić information content (AvgIpc) is 4.00. The van der Waals surface area contributed by atoms with Crippen molar-refractivity contribution in [2.45, 2.75) is 30.3 Å². The number of carbonyl (C=O) groups excluding carboxylic acids is 4. The highest BCUT2D eigenvalue weighted by Crippen LogP contribution is 2.53. The van der Waals surface area contributed by atoms with Gasteiger partial charge in [0.15, 0.2) is 0 Å². The van der Waals surface area contributed by atoms with E-state index in [0.29, 0.717) is 32.2 Å². The number of alkyl halides is 2. The normalized spacial score (nSPS) is 17.1. The summed E-state index contributed by atoms with van der Waals surface area (Å²) in [4.78, 5) is 58.9. The maximum absolute atomic E-state index is 14.5. The number of amides is 4. The Kier molecular flexibility index (Phi) is 14.5. The van der Waals surface area contributed by atoms with Crippen molar-refractivity contribution in [3.05, 3.63) is 144 Å². The summed E-state index contributed by atoms with van der Waals surface area (Å²) in [5.74, 6) is -8.02. The van der Waals surface area contributed by atoms with Crippen molar-refractivity contribution in [2.75, 3.05) is 72.2 Å². The highest BCUT2D eigenvalue weighted by Gasteiger charge is 2.63. The van der Waals surface area contributed by atoms with Crippen LogP contribution in [0.3, 0.4) is 0 Å². The lowest BCUT2D eigenvalue weighted by Crippen LogP contribution is -2.55. The van der Waals surface area contributed by atoms with Crippen LogP contribution in [-0.2, 0) is 35.8 Å². The molecule has 0 bridgehead atoms. The molecule has 0 spiro atoms. The third kappa shape index (κ3) is 10.3. The van der Waals surface area contributed by atoms with E-state index in [4.69, 9.17) is 9.47 Å². The van der Waals surface area contributed by atoms with Crippen LogP contribution < -0.4 is 38.5 Å². The number of halogens is 6. The summed E-state index contributed by atoms with van der Waals surface area (Å²) < 4.78 is 126. The summed E-state index contributed by atoms with van der Waals surface area (Å²) >= 11 is 0. The number of rotatable bonds is 19. The fourth-order valence-electron chi connectivity index (χ4n) is 8.25. The summed E-state index contributed by atoms with van der Waals surface area (Å²) in [5, 5.41) is 5.04. The Balaban J connectivity index is 1.15. The molecule has 0 aromatic heterocycles. The molecule has 1 saturated carbocycles. The Morgan fingerprint density at radius 1 is 0.691 bits per heavy atom. The van der Waals surface area contributed by atoms with Gasteiger partial charge in [0.1, 0.15) is 72.8 Å². The zero-order valence-electron chi connectivity index (χ0n) is 36.4. The molecule has 358 valence electrons. The minimum atomic E-state index is -4.85. The van der Waals surface area contributed by atoms with Gasteiger partial charge in [-0.1, -0.05) is 12.1 Å². The maximum atomic E-state index is 14.5. The van der Waals surface area contributed by atoms with E-state index >= 15 is 0 Å². The number of nitrogens with zero attached hydrogens (tertiary/aromatic N) is 4. The molecule has 1 aliphatic carbocycles. The molecule has 5 aromatic rings. The zero-order chi connectivity index (χ0) is 48.9. The fraction of sp³-hybridized carbons (Fsp3) is 0.277. The highest BCUT2D eigenvalue weighted by atomic mass is 32.2. The summed E-state index contributed by atoms with van der Waals surface area (Å²) in [5.41, 5.74) is -1.79. The number of anilines is 4. The van der Waals surface area contributed by atoms with Gasteiger partial charge in [-0.2, -0.15) is 8.42 Å². The third-order valence-corrected chi connectivity index (χ3v) is 13.2. The van der Waals surface area contributed by atoms with Crippen molar-refractivity contribution in [1.82, 2.24) is 10.6 Å². The Labute approximate surface area is 387 Å². The van der Waals surface area contributed by atoms with E-state index in [0.717, 1.165) is 34.1 Å². The predicted molar refractivity (Wildman–Crippen MR) is 239 cm³/mol. The number of nitrogens with one attached hydrogen (secondary N) is 2. The molecule has 1 aliphatic heterocycles. The number of ether oxygens (including phenoxy) is 2. The molecular weight excluding hydrogens is 923 g/mol. The van der Waals surface area contributed by atoms with Gasteiger partial charge < -0.3 is 29.9 Å². The third-order valence-electron chi connectivity index (χ3n) is 11.4. The van der Waals surface area contributed by atoms with Crippen molar-refractivity contribution in [2.24, 2.45) is 0 Å². The molecule has 0 radical (unpaired) electrons. The molecule has 1 unspecified atom stereocenters. The van der Waals surface area contributed by atoms with Crippen LogP contribution in [-0.4, -0.2) is 97.4 Å². The number of fused-ring (bicyclic) bond motifs is 1. The van der Waals surface area contributed by atoms with Crippen LogP contribution in [0.5, 0.6) is 11.5 Å². The molecule has 14 nitrogen and oxygen atoms in total. The number of hydrogen-bond acceptors (Lipinski definition) is 8. The van der Waals surface area contributed by atoms with Crippen molar-refractivity contribution in [3.63, 3.8) is 0 Å². The fourth-order valence-corrected chi connectivity index (χ4v) is 9.85. The van der Waals surface area contributed by atoms with Crippen LogP contribution in [0.25, 0.3) is 0 Å². The van der Waals surface area contributed by atoms with Crippen LogP contribution in [0.1, 0.15) is 23.5 Å². The van der Waals surface area contributed by atoms with Gasteiger partial charge >= 0.3 is 10.2 Å². The zero-order valence-corrected chi connectivity index (χ0v) is 37.3. The first-order valence-corrected chi connectivity index (χ1v) is 22.4. The van der Waals surface area contributed by atoms with E-state index < -0.39 is 121 Å². The predicted octanol–water partition coefficient (Wildman–Crippen LogP) is 5.91. The Hall–Kier alpha value is -7.29. The Morgan fingerprint density at radius 2 is 1.16 bits per heavy atom. The van der Waals surface area contributed by atoms with Gasteiger partial charge in [-0.3, -0.25) is 19.2 Å². The first kappa shape index (κ1) is 48.6. The number of para-hydroxylation sites is 2. The quantitative estimate of drug-likeness (QED) is 0.0969. The average molecular weight is 967 g/mol. The van der Waals surface area contributed by atoms with Crippen LogP contribution in [0.4, 0.5) is 49.1 Å². The van der Waals surface area contributed by atoms with Gasteiger partial charge in [-0.25, -0.2) is 35.0 Å². The van der Waals surface area contributed by atoms with Crippen molar-refractivity contribution in [3.8, 4) is 11.5 Å². The second kappa shape index (κ2) is 20.3. The standard InChI is InChI=1S/C47H44F6N6O8S/c1-66-37-11-7-35(8-12-37)56(17-15-48)45(62)40(21-29-19-31(50)24-32(51)20-29)54-43(60)27-58-41-5-3-4-6-42(41)59(68(58,64)65)28-44(61)55-47(26-39(47)30-22-33(52)25-34(53)23-30)46(63)57(18-16-49)36-9-13-38(67-2)14-10-36/h3-14,19-20,22-25,39-40H,15-18,21,26-28H2,1-2H3,(H,54,60)(H,55,61)/t39?,40-,47-/m0/s1. The number of carbonyl (C=O) groups is 4. The van der Waals surface area contributed by atoms with E-state index in [1.165, 1.54) is 87.0 Å². The summed E-state index contributed by atoms with van der Waals surface area (Å²) in [6, 6.07) is 20.9. The minimum absolute atomic E-state index is 0.00135. The lowest BCUT2D eigenvalue weighted by Gasteiger charge is -2.29. The molecule has 2 N–H and O–H groups in total. The molecule has 3 atom stereocenters. The van der Waals surface area contributed by atoms with Gasteiger partial charge in [0.05, 0.1) is 38.7 Å². The first-order chi connectivity index (χ1) is 32.5. The van der Waals surface area contributed by atoms with Crippen molar-refractivity contribution in [1.29, 1.82) is 0 Å². The second-order valence-corrected chi connectivity index (χ2v) is 17.6. The molecule has 2 aliphatic rings. The van der Waals surface area contributed by atoms with E-state index in [-0.39, 0.29) is 40.3 Å². The van der Waals surface area contributed by atoms with Crippen LogP contribution in [0.15, 0.2) is 109 Å². The lowest BCUT2D eigenvalue weighted by atomic mass is 10.0. The highest BCUT2D eigenvalue weighted by molar-refractivity contribution is 7.94. The van der Waals surface area contributed by atoms with E-state index in [1.54, 1.807) is 0 Å². The summed E-state index contributed by atoms with van der Waals surface area (Å²) in [6.07, 6.45) is -0.725. The molecule has 68 heavy (non-hydrogen) atoms. The monoisotopic (exact) mass is 966 g/mol. The molecule has 5 aromatic carbocycles. The molecule has 0 saturated heterocycles. The Morgan fingerprint density at radius 3 is 1.66 bits per heavy atom. The van der Waals surface area contributed by atoms with E-state index in [1.807, 2.05) is 0 Å². The number of benzene rings is 5. The molecule has 7 rings (SSSR count). The SMILES string of the molecule is COc1ccc(N(CCF)C(=O)[C@H](Cc2cc(F)cc(F)c2)NC(=O)CN2c3ccccc3N(CC(=O)N[C@@]3(C(=O)N(CCF)c4ccc(OC)cc4)CC3c3cc(F)cc(F)c3)S2(=O)=O)cc1. The van der Waals surface area contributed by atoms with Crippen molar-refractivity contribution >= 4 is 56.6 Å². The van der Waals surface area contributed by atoms with Crippen LogP contribution in [0.2, 0.25) is 0 Å². The molecule has 4 amide bonds. The van der Waals surface area contributed by atoms with Gasteiger partial charge in [0.2, 0.25) is 17.7 Å². The smallest absolute Gasteiger partial charge is 0.327 e. The van der Waals surface area contributed by atoms with E-state index in [9.17, 15) is 53.9 Å². The molecule has 21 heteroatoms. The summed E-state index contributed by atoms with van der Waals surface area (Å²) in [6.45, 7) is -5.03. The minimum Gasteiger partial charge on any atom is -0.497 e. The number of methoxy groups -OCH3 is 2. The molecular formula is C47H44F6N6O8S.